The molecule has 1 aromatic rings. The average Bonchev–Trinajstić information content (AvgIpc) is 2.37. The van der Waals surface area contributed by atoms with E-state index in [4.69, 9.17) is 23.2 Å². The first-order chi connectivity index (χ1) is 9.34. The fourth-order valence-corrected chi connectivity index (χ4v) is 3.15. The summed E-state index contributed by atoms with van der Waals surface area (Å²) < 4.78 is 0. The molecular weight excluding hydrogens is 301 g/mol. The second-order valence-electron chi connectivity index (χ2n) is 5.35. The zero-order valence-corrected chi connectivity index (χ0v) is 12.7. The predicted octanol–water partition coefficient (Wildman–Crippen LogP) is 3.53. The summed E-state index contributed by atoms with van der Waals surface area (Å²) in [5.41, 5.74) is -0.365. The number of aromatic hydroxyl groups is 1. The second kappa shape index (κ2) is 5.80. The van der Waals surface area contributed by atoms with Gasteiger partial charge in [0.1, 0.15) is 11.3 Å². The third-order valence-electron chi connectivity index (χ3n) is 3.97. The molecule has 4 nitrogen and oxygen atoms in total. The van der Waals surface area contributed by atoms with E-state index in [-0.39, 0.29) is 10.8 Å². The van der Waals surface area contributed by atoms with Crippen LogP contribution in [-0.4, -0.2) is 33.2 Å². The van der Waals surface area contributed by atoms with Gasteiger partial charge in [-0.15, -0.1) is 0 Å². The minimum absolute atomic E-state index is 0.0330. The topological polar surface area (TPSA) is 60.8 Å². The van der Waals surface area contributed by atoms with Crippen molar-refractivity contribution in [3.8, 4) is 5.75 Å². The molecule has 1 heterocycles. The van der Waals surface area contributed by atoms with Gasteiger partial charge in [-0.2, -0.15) is 0 Å². The van der Waals surface area contributed by atoms with Crippen molar-refractivity contribution >= 4 is 29.2 Å². The molecule has 1 fully saturated rings. The standard InChI is InChI=1S/C14H17Cl2NO3/c1-14(13(19)20)4-2-3-5-17(14)8-9-6-10(15)7-11(16)12(9)18/h6-7,18H,2-5,8H2,1H3,(H,19,20). The quantitative estimate of drug-likeness (QED) is 0.895. The van der Waals surface area contributed by atoms with Crippen LogP contribution in [0.1, 0.15) is 31.7 Å². The van der Waals surface area contributed by atoms with Crippen molar-refractivity contribution < 1.29 is 15.0 Å². The summed E-state index contributed by atoms with van der Waals surface area (Å²) >= 11 is 11.8. The van der Waals surface area contributed by atoms with Gasteiger partial charge in [-0.25, -0.2) is 0 Å². The van der Waals surface area contributed by atoms with Gasteiger partial charge in [0.15, 0.2) is 0 Å². The molecule has 2 rings (SSSR count). The molecule has 1 aliphatic heterocycles. The van der Waals surface area contributed by atoms with Crippen LogP contribution in [-0.2, 0) is 11.3 Å². The first-order valence-corrected chi connectivity index (χ1v) is 7.25. The van der Waals surface area contributed by atoms with Crippen molar-refractivity contribution in [3.63, 3.8) is 0 Å². The number of phenolic OH excluding ortho intramolecular Hbond substituents is 1. The smallest absolute Gasteiger partial charge is 0.323 e. The van der Waals surface area contributed by atoms with Crippen LogP contribution in [0.25, 0.3) is 0 Å². The Hall–Kier alpha value is -0.970. The van der Waals surface area contributed by atoms with Crippen molar-refractivity contribution in [2.24, 2.45) is 0 Å². The van der Waals surface area contributed by atoms with Gasteiger partial charge in [0.05, 0.1) is 5.02 Å². The molecule has 6 heteroatoms. The fourth-order valence-electron chi connectivity index (χ4n) is 2.62. The van der Waals surface area contributed by atoms with Crippen molar-refractivity contribution in [1.29, 1.82) is 0 Å². The molecule has 1 saturated heterocycles. The SMILES string of the molecule is CC1(C(=O)O)CCCCN1Cc1cc(Cl)cc(Cl)c1O. The lowest BCUT2D eigenvalue weighted by atomic mass is 9.88. The number of hydrogen-bond acceptors (Lipinski definition) is 3. The lowest BCUT2D eigenvalue weighted by Gasteiger charge is -2.41. The van der Waals surface area contributed by atoms with Crippen molar-refractivity contribution in [1.82, 2.24) is 4.90 Å². The van der Waals surface area contributed by atoms with E-state index in [1.807, 2.05) is 4.90 Å². The lowest BCUT2D eigenvalue weighted by molar-refractivity contribution is -0.153. The summed E-state index contributed by atoms with van der Waals surface area (Å²) in [6.45, 7) is 2.71. The highest BCUT2D eigenvalue weighted by Crippen LogP contribution is 2.35. The molecule has 0 amide bonds. The highest BCUT2D eigenvalue weighted by atomic mass is 35.5. The molecule has 0 radical (unpaired) electrons. The number of piperidine rings is 1. The Morgan fingerprint density at radius 1 is 1.40 bits per heavy atom. The third-order valence-corrected chi connectivity index (χ3v) is 4.47. The van der Waals surface area contributed by atoms with Crippen LogP contribution in [0.2, 0.25) is 10.0 Å². The predicted molar refractivity (Wildman–Crippen MR) is 78.4 cm³/mol. The Morgan fingerprint density at radius 2 is 2.10 bits per heavy atom. The molecule has 0 bridgehead atoms. The molecule has 0 aromatic heterocycles. The maximum atomic E-state index is 11.5. The van der Waals surface area contributed by atoms with Gasteiger partial charge in [-0.3, -0.25) is 9.69 Å². The van der Waals surface area contributed by atoms with E-state index >= 15 is 0 Å². The molecule has 0 spiro atoms. The Labute approximate surface area is 127 Å². The van der Waals surface area contributed by atoms with E-state index in [0.717, 1.165) is 12.8 Å². The van der Waals surface area contributed by atoms with E-state index in [2.05, 4.69) is 0 Å². The zero-order chi connectivity index (χ0) is 14.9. The number of rotatable bonds is 3. The summed E-state index contributed by atoms with van der Waals surface area (Å²) in [5.74, 6) is -0.876. The molecule has 1 aliphatic rings. The number of phenols is 1. The Bertz CT molecular complexity index is 535. The molecule has 20 heavy (non-hydrogen) atoms. The Kier molecular flexibility index (Phi) is 4.47. The molecular formula is C14H17Cl2NO3. The maximum Gasteiger partial charge on any atom is 0.323 e. The van der Waals surface area contributed by atoms with Crippen LogP contribution < -0.4 is 0 Å². The van der Waals surface area contributed by atoms with Crippen molar-refractivity contribution in [2.75, 3.05) is 6.54 Å². The van der Waals surface area contributed by atoms with E-state index in [0.29, 0.717) is 30.1 Å². The number of carboxylic acids is 1. The van der Waals surface area contributed by atoms with Crippen LogP contribution in [0.5, 0.6) is 5.75 Å². The van der Waals surface area contributed by atoms with Crippen LogP contribution in [0.3, 0.4) is 0 Å². The normalized spacial score (nSPS) is 23.8. The number of hydrogen-bond donors (Lipinski definition) is 2. The number of benzene rings is 1. The minimum atomic E-state index is -0.917. The van der Waals surface area contributed by atoms with Gasteiger partial charge < -0.3 is 10.2 Å². The van der Waals surface area contributed by atoms with Crippen LogP contribution in [0, 0.1) is 0 Å². The Balaban J connectivity index is 2.30. The largest absolute Gasteiger partial charge is 0.506 e. The number of halogens is 2. The highest BCUT2D eigenvalue weighted by molar-refractivity contribution is 6.35. The molecule has 1 unspecified atom stereocenters. The van der Waals surface area contributed by atoms with Gasteiger partial charge in [0.2, 0.25) is 0 Å². The van der Waals surface area contributed by atoms with Gasteiger partial charge in [0.25, 0.3) is 0 Å². The van der Waals surface area contributed by atoms with E-state index < -0.39 is 11.5 Å². The molecule has 1 aromatic carbocycles. The summed E-state index contributed by atoms with van der Waals surface area (Å²) in [6.07, 6.45) is 2.43. The third kappa shape index (κ3) is 2.87. The van der Waals surface area contributed by atoms with E-state index in [1.54, 1.807) is 13.0 Å². The zero-order valence-electron chi connectivity index (χ0n) is 11.2. The van der Waals surface area contributed by atoms with Crippen LogP contribution in [0.15, 0.2) is 12.1 Å². The number of carbonyl (C=O) groups is 1. The average molecular weight is 318 g/mol. The van der Waals surface area contributed by atoms with E-state index in [9.17, 15) is 15.0 Å². The monoisotopic (exact) mass is 317 g/mol. The summed E-state index contributed by atoms with van der Waals surface area (Å²) in [6, 6.07) is 3.09. The Morgan fingerprint density at radius 3 is 2.75 bits per heavy atom. The second-order valence-corrected chi connectivity index (χ2v) is 6.20. The molecule has 110 valence electrons. The van der Waals surface area contributed by atoms with Crippen LogP contribution >= 0.6 is 23.2 Å². The van der Waals surface area contributed by atoms with E-state index in [1.165, 1.54) is 6.07 Å². The molecule has 0 aliphatic carbocycles. The summed E-state index contributed by atoms with van der Waals surface area (Å²) in [5, 5.41) is 20.1. The number of aliphatic carboxylic acids is 1. The number of likely N-dealkylation sites (tertiary alicyclic amines) is 1. The molecule has 0 saturated carbocycles. The van der Waals surface area contributed by atoms with Crippen molar-refractivity contribution in [3.05, 3.63) is 27.7 Å². The van der Waals surface area contributed by atoms with Gasteiger partial charge in [-0.05, 0) is 44.9 Å². The number of carboxylic acid groups (broad SMARTS) is 1. The van der Waals surface area contributed by atoms with Crippen LogP contribution in [0.4, 0.5) is 0 Å². The van der Waals surface area contributed by atoms with Gasteiger partial charge in [0, 0.05) is 17.1 Å². The van der Waals surface area contributed by atoms with Crippen molar-refractivity contribution in [2.45, 2.75) is 38.3 Å². The molecule has 1 atom stereocenters. The number of nitrogens with zero attached hydrogens (tertiary/aromatic N) is 1. The first-order valence-electron chi connectivity index (χ1n) is 6.50. The lowest BCUT2D eigenvalue weighted by Crippen LogP contribution is -2.54. The summed E-state index contributed by atoms with van der Waals surface area (Å²) in [4.78, 5) is 13.4. The minimum Gasteiger partial charge on any atom is -0.506 e. The van der Waals surface area contributed by atoms with Gasteiger partial charge in [-0.1, -0.05) is 23.2 Å². The molecule has 2 N–H and O–H groups in total. The summed E-state index contributed by atoms with van der Waals surface area (Å²) in [7, 11) is 0. The fraction of sp³-hybridized carbons (Fsp3) is 0.500. The first kappa shape index (κ1) is 15.4. The maximum absolute atomic E-state index is 11.5. The van der Waals surface area contributed by atoms with Gasteiger partial charge >= 0.3 is 5.97 Å². The highest BCUT2D eigenvalue weighted by Gasteiger charge is 2.41.